The first-order chi connectivity index (χ1) is 14.9. The Bertz CT molecular complexity index is 661. The fourth-order valence-corrected chi connectivity index (χ4v) is 8.44. The average Bonchev–Trinajstić information content (AvgIpc) is 3.44. The quantitative estimate of drug-likeness (QED) is 0.621. The van der Waals surface area contributed by atoms with Crippen molar-refractivity contribution in [2.24, 2.45) is 34.5 Å². The number of aliphatic hydroxyl groups excluding tert-OH is 1. The molecule has 0 aromatic rings. The van der Waals surface area contributed by atoms with Gasteiger partial charge in [-0.25, -0.2) is 0 Å². The lowest BCUT2D eigenvalue weighted by Crippen LogP contribution is -2.62. The van der Waals surface area contributed by atoms with Crippen LogP contribution in [-0.2, 0) is 9.47 Å². The van der Waals surface area contributed by atoms with Crippen LogP contribution in [0.3, 0.4) is 0 Å². The van der Waals surface area contributed by atoms with Crippen LogP contribution in [0.1, 0.15) is 78.1 Å². The second-order valence-electron chi connectivity index (χ2n) is 12.1. The number of likely N-dealkylation sites (tertiary alicyclic amines) is 1. The average molecular weight is 432 g/mol. The van der Waals surface area contributed by atoms with Crippen LogP contribution in [-0.4, -0.2) is 55.2 Å². The molecular formula is C27H45NO3. The fraction of sp³-hybridized carbons (Fsp3) is 0.926. The highest BCUT2D eigenvalue weighted by atomic mass is 16.7. The molecule has 0 aromatic heterocycles. The molecule has 2 unspecified atom stereocenters. The molecule has 3 saturated carbocycles. The van der Waals surface area contributed by atoms with Gasteiger partial charge in [0.2, 0.25) is 0 Å². The third-order valence-corrected chi connectivity index (χ3v) is 10.3. The predicted molar refractivity (Wildman–Crippen MR) is 124 cm³/mol. The number of allylic oxidation sites excluding steroid dienone is 1. The van der Waals surface area contributed by atoms with Gasteiger partial charge in [-0.15, -0.1) is 0 Å². The molecule has 31 heavy (non-hydrogen) atoms. The Labute approximate surface area is 189 Å². The Morgan fingerprint density at radius 2 is 1.90 bits per heavy atom. The Morgan fingerprint density at radius 1 is 1.10 bits per heavy atom. The van der Waals surface area contributed by atoms with Gasteiger partial charge in [0.1, 0.15) is 0 Å². The Kier molecular flexibility index (Phi) is 6.31. The Morgan fingerprint density at radius 3 is 2.65 bits per heavy atom. The van der Waals surface area contributed by atoms with Gasteiger partial charge in [0.15, 0.2) is 6.29 Å². The van der Waals surface area contributed by atoms with Gasteiger partial charge >= 0.3 is 0 Å². The monoisotopic (exact) mass is 431 g/mol. The van der Waals surface area contributed by atoms with E-state index in [9.17, 15) is 5.11 Å². The second kappa shape index (κ2) is 8.74. The summed E-state index contributed by atoms with van der Waals surface area (Å²) < 4.78 is 13.2. The van der Waals surface area contributed by atoms with Crippen molar-refractivity contribution in [2.75, 3.05) is 32.8 Å². The van der Waals surface area contributed by atoms with Crippen LogP contribution in [0, 0.1) is 34.5 Å². The first kappa shape index (κ1) is 22.4. The minimum absolute atomic E-state index is 0.0499. The lowest BCUT2D eigenvalue weighted by atomic mass is 9.46. The highest BCUT2D eigenvalue weighted by Crippen LogP contribution is 2.63. The molecular weight excluding hydrogens is 386 g/mol. The van der Waals surface area contributed by atoms with E-state index in [0.717, 1.165) is 32.7 Å². The van der Waals surface area contributed by atoms with Crippen LogP contribution < -0.4 is 0 Å². The van der Waals surface area contributed by atoms with Gasteiger partial charge in [0.05, 0.1) is 12.7 Å². The zero-order chi connectivity index (χ0) is 21.6. The molecule has 0 spiro atoms. The number of fused-ring (bicyclic) bond motifs is 3. The van der Waals surface area contributed by atoms with E-state index in [-0.39, 0.29) is 11.7 Å². The Balaban J connectivity index is 1.28. The van der Waals surface area contributed by atoms with Crippen LogP contribution in [0.15, 0.2) is 12.2 Å². The van der Waals surface area contributed by atoms with E-state index in [1.165, 1.54) is 63.4 Å². The molecule has 0 aromatic carbocycles. The molecule has 5 aliphatic rings. The minimum Gasteiger partial charge on any atom is -0.396 e. The molecule has 4 nitrogen and oxygen atoms in total. The third kappa shape index (κ3) is 3.94. The summed E-state index contributed by atoms with van der Waals surface area (Å²) in [5.74, 6) is 2.36. The summed E-state index contributed by atoms with van der Waals surface area (Å²) >= 11 is 0. The van der Waals surface area contributed by atoms with Crippen molar-refractivity contribution in [3.05, 3.63) is 12.2 Å². The van der Waals surface area contributed by atoms with Gasteiger partial charge in [-0.1, -0.05) is 38.8 Å². The molecule has 0 radical (unpaired) electrons. The van der Waals surface area contributed by atoms with E-state index in [4.69, 9.17) is 9.47 Å². The molecule has 5 rings (SSSR count). The number of aliphatic hydroxyl groups is 1. The lowest BCUT2D eigenvalue weighted by Gasteiger charge is -2.63. The molecule has 7 atom stereocenters. The smallest absolute Gasteiger partial charge is 0.160 e. The summed E-state index contributed by atoms with van der Waals surface area (Å²) in [6, 6.07) is 0. The first-order valence-corrected chi connectivity index (χ1v) is 13.2. The molecule has 3 aliphatic carbocycles. The van der Waals surface area contributed by atoms with Crippen LogP contribution in [0.2, 0.25) is 0 Å². The van der Waals surface area contributed by atoms with Gasteiger partial charge < -0.3 is 19.5 Å². The summed E-state index contributed by atoms with van der Waals surface area (Å²) in [7, 11) is 0. The zero-order valence-electron chi connectivity index (χ0n) is 20.0. The van der Waals surface area contributed by atoms with Crippen molar-refractivity contribution in [3.63, 3.8) is 0 Å². The van der Waals surface area contributed by atoms with E-state index >= 15 is 0 Å². The standard InChI is InChI=1S/C27H45NO3/c1-19-8-9-23-26(2,22(19)12-15-28-14-11-20(16-28)17-29)13-10-24-27(23,3)18-30-25(31-24)21-6-4-5-7-21/h20-25,29H,1,4-18H2,2-3H3/t20?,22-,23?,24-,25-,26+,27+/m1/s1. The number of nitrogens with zero attached hydrogens (tertiary/aromatic N) is 1. The van der Waals surface area contributed by atoms with Crippen LogP contribution >= 0.6 is 0 Å². The number of rotatable bonds is 5. The molecule has 176 valence electrons. The van der Waals surface area contributed by atoms with Crippen molar-refractivity contribution >= 4 is 0 Å². The summed E-state index contributed by atoms with van der Waals surface area (Å²) in [6.45, 7) is 14.2. The Hall–Kier alpha value is -0.420. The van der Waals surface area contributed by atoms with Gasteiger partial charge in [-0.2, -0.15) is 0 Å². The van der Waals surface area contributed by atoms with Gasteiger partial charge in [-0.05, 0) is 87.6 Å². The number of ether oxygens (including phenoxy) is 2. The molecule has 4 heteroatoms. The van der Waals surface area contributed by atoms with Gasteiger partial charge in [0, 0.05) is 24.5 Å². The highest BCUT2D eigenvalue weighted by Gasteiger charge is 2.60. The maximum Gasteiger partial charge on any atom is 0.160 e. The van der Waals surface area contributed by atoms with E-state index in [2.05, 4.69) is 25.3 Å². The summed E-state index contributed by atoms with van der Waals surface area (Å²) in [4.78, 5) is 2.58. The summed E-state index contributed by atoms with van der Waals surface area (Å²) in [6.07, 6.45) is 12.9. The maximum absolute atomic E-state index is 9.50. The van der Waals surface area contributed by atoms with Crippen LogP contribution in [0.25, 0.3) is 0 Å². The molecule has 2 heterocycles. The van der Waals surface area contributed by atoms with E-state index in [1.807, 2.05) is 0 Å². The molecule has 2 saturated heterocycles. The van der Waals surface area contributed by atoms with Crippen molar-refractivity contribution in [1.29, 1.82) is 0 Å². The highest BCUT2D eigenvalue weighted by molar-refractivity contribution is 5.18. The number of hydrogen-bond donors (Lipinski definition) is 1. The molecule has 2 aliphatic heterocycles. The van der Waals surface area contributed by atoms with Gasteiger partial charge in [0.25, 0.3) is 0 Å². The molecule has 1 N–H and O–H groups in total. The lowest BCUT2D eigenvalue weighted by molar-refractivity contribution is -0.316. The van der Waals surface area contributed by atoms with E-state index in [0.29, 0.717) is 41.8 Å². The van der Waals surface area contributed by atoms with Crippen molar-refractivity contribution in [3.8, 4) is 0 Å². The molecule has 5 fully saturated rings. The minimum atomic E-state index is 0.0499. The normalized spacial score (nSPS) is 46.8. The van der Waals surface area contributed by atoms with Crippen molar-refractivity contribution < 1.29 is 14.6 Å². The number of hydrogen-bond acceptors (Lipinski definition) is 4. The third-order valence-electron chi connectivity index (χ3n) is 10.3. The summed E-state index contributed by atoms with van der Waals surface area (Å²) in [5, 5.41) is 9.50. The fourth-order valence-electron chi connectivity index (χ4n) is 8.44. The van der Waals surface area contributed by atoms with Crippen LogP contribution in [0.5, 0.6) is 0 Å². The molecule has 0 bridgehead atoms. The first-order valence-electron chi connectivity index (χ1n) is 13.2. The SMILES string of the molecule is C=C1CCC2[C@]3(C)CO[C@@H](C4CCCC4)O[C@@H]3CC[C@@]2(C)[C@@H]1CCN1CCC(CO)C1. The zero-order valence-corrected chi connectivity index (χ0v) is 20.0. The summed E-state index contributed by atoms with van der Waals surface area (Å²) in [5.41, 5.74) is 1.93. The largest absolute Gasteiger partial charge is 0.396 e. The second-order valence-corrected chi connectivity index (χ2v) is 12.1. The van der Waals surface area contributed by atoms with E-state index < -0.39 is 0 Å². The molecule has 0 amide bonds. The van der Waals surface area contributed by atoms with Crippen molar-refractivity contribution in [2.45, 2.75) is 90.4 Å². The maximum atomic E-state index is 9.50. The topological polar surface area (TPSA) is 41.9 Å². The van der Waals surface area contributed by atoms with E-state index in [1.54, 1.807) is 0 Å². The van der Waals surface area contributed by atoms with Crippen molar-refractivity contribution in [1.82, 2.24) is 4.90 Å². The predicted octanol–water partition coefficient (Wildman–Crippen LogP) is 5.01. The van der Waals surface area contributed by atoms with Gasteiger partial charge in [-0.3, -0.25) is 0 Å². The van der Waals surface area contributed by atoms with Crippen LogP contribution in [0.4, 0.5) is 0 Å².